The molecule has 2 N–H and O–H groups in total. The van der Waals surface area contributed by atoms with Crippen molar-refractivity contribution < 1.29 is 19.4 Å². The number of benzene rings is 1. The average molecular weight is 247 g/mol. The number of ether oxygens (including phenoxy) is 2. The summed E-state index contributed by atoms with van der Waals surface area (Å²) in [5.41, 5.74) is 1.44. The summed E-state index contributed by atoms with van der Waals surface area (Å²) in [6.45, 7) is 0. The summed E-state index contributed by atoms with van der Waals surface area (Å²) in [6.07, 6.45) is 3.07. The fourth-order valence-corrected chi connectivity index (χ4v) is 1.79. The smallest absolute Gasteiger partial charge is 0.337 e. The molecule has 0 saturated carbocycles. The van der Waals surface area contributed by atoms with Crippen LogP contribution in [0.4, 0.5) is 0 Å². The first-order chi connectivity index (χ1) is 8.67. The van der Waals surface area contributed by atoms with E-state index in [2.05, 4.69) is 4.98 Å². The van der Waals surface area contributed by atoms with Crippen LogP contribution < -0.4 is 9.47 Å². The molecule has 0 fully saturated rings. The summed E-state index contributed by atoms with van der Waals surface area (Å²) in [5, 5.41) is 9.11. The van der Waals surface area contributed by atoms with Crippen LogP contribution in [0.2, 0.25) is 0 Å². The number of carboxylic acids is 1. The van der Waals surface area contributed by atoms with E-state index >= 15 is 0 Å². The van der Waals surface area contributed by atoms with E-state index in [1.54, 1.807) is 38.6 Å². The lowest BCUT2D eigenvalue weighted by molar-refractivity contribution is 0.0698. The first kappa shape index (κ1) is 12.0. The Labute approximate surface area is 104 Å². The van der Waals surface area contributed by atoms with Crippen LogP contribution in [-0.4, -0.2) is 30.3 Å². The summed E-state index contributed by atoms with van der Waals surface area (Å²) < 4.78 is 10.4. The number of aromatic carboxylic acids is 1. The van der Waals surface area contributed by atoms with Crippen molar-refractivity contribution in [2.45, 2.75) is 0 Å². The molecule has 0 saturated heterocycles. The molecular weight excluding hydrogens is 234 g/mol. The molecule has 94 valence electrons. The molecule has 5 nitrogen and oxygen atoms in total. The molecule has 1 heterocycles. The van der Waals surface area contributed by atoms with Crippen molar-refractivity contribution in [2.24, 2.45) is 0 Å². The lowest BCUT2D eigenvalue weighted by Crippen LogP contribution is -1.97. The maximum atomic E-state index is 11.1. The highest BCUT2D eigenvalue weighted by Gasteiger charge is 2.16. The van der Waals surface area contributed by atoms with Crippen molar-refractivity contribution in [3.05, 3.63) is 36.2 Å². The van der Waals surface area contributed by atoms with E-state index in [1.807, 2.05) is 0 Å². The highest BCUT2D eigenvalue weighted by Crippen LogP contribution is 2.35. The Kier molecular flexibility index (Phi) is 3.23. The molecule has 5 heteroatoms. The molecule has 0 aliphatic carbocycles. The zero-order valence-corrected chi connectivity index (χ0v) is 10.1. The number of aromatic nitrogens is 1. The average Bonchev–Trinajstić information content (AvgIpc) is 2.87. The Morgan fingerprint density at radius 3 is 2.56 bits per heavy atom. The van der Waals surface area contributed by atoms with Crippen molar-refractivity contribution in [3.8, 4) is 22.6 Å². The number of rotatable bonds is 4. The quantitative estimate of drug-likeness (QED) is 0.870. The number of carbonyl (C=O) groups is 1. The molecular formula is C13H13NO4. The number of methoxy groups -OCH3 is 2. The standard InChI is InChI=1S/C13H13NO4/c1-17-8-3-4-12(18-2)9(5-8)10-6-14-7-11(10)13(15)16/h3-7,14H,1-2H3,(H,15,16). The van der Waals surface area contributed by atoms with E-state index in [0.29, 0.717) is 22.6 Å². The normalized spacial score (nSPS) is 10.1. The predicted octanol–water partition coefficient (Wildman–Crippen LogP) is 2.40. The first-order valence-electron chi connectivity index (χ1n) is 5.30. The van der Waals surface area contributed by atoms with Crippen LogP contribution in [0, 0.1) is 0 Å². The number of hydrogen-bond acceptors (Lipinski definition) is 3. The van der Waals surface area contributed by atoms with E-state index in [0.717, 1.165) is 0 Å². The van der Waals surface area contributed by atoms with Crippen molar-refractivity contribution in [3.63, 3.8) is 0 Å². The van der Waals surface area contributed by atoms with Crippen molar-refractivity contribution >= 4 is 5.97 Å². The SMILES string of the molecule is COc1ccc(OC)c(-c2c[nH]cc2C(=O)O)c1. The van der Waals surface area contributed by atoms with Gasteiger partial charge >= 0.3 is 5.97 Å². The molecule has 0 unspecified atom stereocenters. The molecule has 1 aromatic heterocycles. The molecule has 0 bridgehead atoms. The van der Waals surface area contributed by atoms with Crippen LogP contribution >= 0.6 is 0 Å². The molecule has 2 aromatic rings. The molecule has 2 rings (SSSR count). The van der Waals surface area contributed by atoms with Crippen LogP contribution in [0.3, 0.4) is 0 Å². The second kappa shape index (κ2) is 4.83. The Bertz CT molecular complexity index is 574. The minimum atomic E-state index is -0.990. The molecule has 0 atom stereocenters. The van der Waals surface area contributed by atoms with Gasteiger partial charge in [0.2, 0.25) is 0 Å². The van der Waals surface area contributed by atoms with Gasteiger partial charge in [-0.1, -0.05) is 0 Å². The summed E-state index contributed by atoms with van der Waals surface area (Å²) >= 11 is 0. The van der Waals surface area contributed by atoms with Gasteiger partial charge in [-0.3, -0.25) is 0 Å². The Morgan fingerprint density at radius 1 is 1.17 bits per heavy atom. The summed E-state index contributed by atoms with van der Waals surface area (Å²) in [5.74, 6) is 0.248. The number of hydrogen-bond donors (Lipinski definition) is 2. The van der Waals surface area contributed by atoms with E-state index in [-0.39, 0.29) is 5.56 Å². The third-order valence-corrected chi connectivity index (χ3v) is 2.67. The second-order valence-corrected chi connectivity index (χ2v) is 3.65. The second-order valence-electron chi connectivity index (χ2n) is 3.65. The van der Waals surface area contributed by atoms with Crippen molar-refractivity contribution in [1.82, 2.24) is 4.98 Å². The van der Waals surface area contributed by atoms with Gasteiger partial charge in [0, 0.05) is 23.5 Å². The Hall–Kier alpha value is -2.43. The molecule has 0 radical (unpaired) electrons. The zero-order chi connectivity index (χ0) is 13.1. The van der Waals surface area contributed by atoms with Crippen LogP contribution in [0.15, 0.2) is 30.6 Å². The van der Waals surface area contributed by atoms with E-state index in [1.165, 1.54) is 6.20 Å². The lowest BCUT2D eigenvalue weighted by Gasteiger charge is -2.10. The molecule has 0 spiro atoms. The maximum absolute atomic E-state index is 11.1. The van der Waals surface area contributed by atoms with Crippen molar-refractivity contribution in [1.29, 1.82) is 0 Å². The molecule has 0 aliphatic rings. The number of carboxylic acid groups (broad SMARTS) is 1. The third-order valence-electron chi connectivity index (χ3n) is 2.67. The van der Waals surface area contributed by atoms with Gasteiger partial charge in [-0.2, -0.15) is 0 Å². The molecule has 18 heavy (non-hydrogen) atoms. The molecule has 0 amide bonds. The number of H-pyrrole nitrogens is 1. The fraction of sp³-hybridized carbons (Fsp3) is 0.154. The highest BCUT2D eigenvalue weighted by molar-refractivity contribution is 5.97. The number of aromatic amines is 1. The van der Waals surface area contributed by atoms with Gasteiger partial charge in [-0.15, -0.1) is 0 Å². The fourth-order valence-electron chi connectivity index (χ4n) is 1.79. The van der Waals surface area contributed by atoms with Gasteiger partial charge in [0.1, 0.15) is 11.5 Å². The Morgan fingerprint density at radius 2 is 1.94 bits per heavy atom. The van der Waals surface area contributed by atoms with Gasteiger partial charge in [0.05, 0.1) is 19.8 Å². The van der Waals surface area contributed by atoms with Crippen molar-refractivity contribution in [2.75, 3.05) is 14.2 Å². The van der Waals surface area contributed by atoms with Crippen LogP contribution in [0.5, 0.6) is 11.5 Å². The monoisotopic (exact) mass is 247 g/mol. The first-order valence-corrected chi connectivity index (χ1v) is 5.30. The van der Waals surface area contributed by atoms with E-state index < -0.39 is 5.97 Å². The van der Waals surface area contributed by atoms with Crippen LogP contribution in [0.25, 0.3) is 11.1 Å². The zero-order valence-electron chi connectivity index (χ0n) is 10.1. The van der Waals surface area contributed by atoms with Gasteiger partial charge in [-0.05, 0) is 18.2 Å². The van der Waals surface area contributed by atoms with Crippen LogP contribution in [0.1, 0.15) is 10.4 Å². The summed E-state index contributed by atoms with van der Waals surface area (Å²) in [7, 11) is 3.10. The van der Waals surface area contributed by atoms with Gasteiger partial charge in [-0.25, -0.2) is 4.79 Å². The minimum absolute atomic E-state index is 0.196. The van der Waals surface area contributed by atoms with Gasteiger partial charge in [0.15, 0.2) is 0 Å². The lowest BCUT2D eigenvalue weighted by atomic mass is 10.0. The topological polar surface area (TPSA) is 71.5 Å². The summed E-state index contributed by atoms with van der Waals surface area (Å²) in [6, 6.07) is 5.25. The van der Waals surface area contributed by atoms with Crippen LogP contribution in [-0.2, 0) is 0 Å². The maximum Gasteiger partial charge on any atom is 0.337 e. The number of nitrogens with one attached hydrogen (secondary N) is 1. The largest absolute Gasteiger partial charge is 0.497 e. The summed E-state index contributed by atoms with van der Waals surface area (Å²) in [4.78, 5) is 13.9. The van der Waals surface area contributed by atoms with E-state index in [9.17, 15) is 4.79 Å². The molecule has 1 aromatic carbocycles. The van der Waals surface area contributed by atoms with Gasteiger partial charge in [0.25, 0.3) is 0 Å². The minimum Gasteiger partial charge on any atom is -0.497 e. The van der Waals surface area contributed by atoms with Gasteiger partial charge < -0.3 is 19.6 Å². The highest BCUT2D eigenvalue weighted by atomic mass is 16.5. The predicted molar refractivity (Wildman–Crippen MR) is 66.3 cm³/mol. The van der Waals surface area contributed by atoms with E-state index in [4.69, 9.17) is 14.6 Å². The molecule has 0 aliphatic heterocycles. The Balaban J connectivity index is 2.61. The third kappa shape index (κ3) is 2.02.